The summed E-state index contributed by atoms with van der Waals surface area (Å²) in [5, 5.41) is 9.93. The summed E-state index contributed by atoms with van der Waals surface area (Å²) in [6, 6.07) is 9.38. The third-order valence-corrected chi connectivity index (χ3v) is 2.50. The lowest BCUT2D eigenvalue weighted by molar-refractivity contribution is -0.134. The van der Waals surface area contributed by atoms with Crippen LogP contribution in [0, 0.1) is 5.92 Å². The predicted octanol–water partition coefficient (Wildman–Crippen LogP) is 1.83. The second-order valence-corrected chi connectivity index (χ2v) is 4.30. The van der Waals surface area contributed by atoms with Crippen molar-refractivity contribution < 1.29 is 9.90 Å². The van der Waals surface area contributed by atoms with Crippen LogP contribution < -0.4 is 0 Å². The third-order valence-electron chi connectivity index (χ3n) is 2.50. The van der Waals surface area contributed by atoms with Gasteiger partial charge in [-0.05, 0) is 5.56 Å². The molecule has 0 bridgehead atoms. The molecule has 0 saturated heterocycles. The van der Waals surface area contributed by atoms with E-state index in [-0.39, 0.29) is 11.8 Å². The maximum Gasteiger partial charge on any atom is 0.224 e. The molecular formula is C13H19NO2. The first-order chi connectivity index (χ1) is 7.52. The maximum atomic E-state index is 11.6. The minimum absolute atomic E-state index is 0.0343. The van der Waals surface area contributed by atoms with Gasteiger partial charge in [-0.2, -0.15) is 0 Å². The monoisotopic (exact) mass is 221 g/mol. The van der Waals surface area contributed by atoms with Crippen LogP contribution in [0.1, 0.15) is 25.5 Å². The zero-order valence-electron chi connectivity index (χ0n) is 10.1. The van der Waals surface area contributed by atoms with Crippen LogP contribution in [0.5, 0.6) is 0 Å². The molecule has 88 valence electrons. The first-order valence-electron chi connectivity index (χ1n) is 5.50. The number of carbonyl (C=O) groups excluding carboxylic acids is 1. The smallest absolute Gasteiger partial charge is 0.224 e. The van der Waals surface area contributed by atoms with E-state index in [1.54, 1.807) is 11.9 Å². The van der Waals surface area contributed by atoms with E-state index in [2.05, 4.69) is 0 Å². The highest BCUT2D eigenvalue weighted by Crippen LogP contribution is 2.13. The molecule has 0 aliphatic heterocycles. The number of aliphatic hydroxyl groups is 1. The normalized spacial score (nSPS) is 12.6. The minimum Gasteiger partial charge on any atom is -0.387 e. The molecule has 16 heavy (non-hydrogen) atoms. The fourth-order valence-corrected chi connectivity index (χ4v) is 1.57. The van der Waals surface area contributed by atoms with Crippen LogP contribution in [0.2, 0.25) is 0 Å². The van der Waals surface area contributed by atoms with Crippen LogP contribution in [0.25, 0.3) is 0 Å². The summed E-state index contributed by atoms with van der Waals surface area (Å²) < 4.78 is 0. The summed E-state index contributed by atoms with van der Waals surface area (Å²) in [5.74, 6) is 0.0166. The fraction of sp³-hybridized carbons (Fsp3) is 0.462. The van der Waals surface area contributed by atoms with E-state index in [4.69, 9.17) is 0 Å². The molecule has 0 radical (unpaired) electrons. The zero-order chi connectivity index (χ0) is 12.1. The molecule has 1 rings (SSSR count). The quantitative estimate of drug-likeness (QED) is 0.842. The van der Waals surface area contributed by atoms with Gasteiger partial charge in [0.15, 0.2) is 0 Å². The fourth-order valence-electron chi connectivity index (χ4n) is 1.57. The Bertz CT molecular complexity index is 335. The number of aliphatic hydroxyl groups excluding tert-OH is 1. The molecule has 3 heteroatoms. The van der Waals surface area contributed by atoms with E-state index in [1.807, 2.05) is 44.2 Å². The van der Waals surface area contributed by atoms with Gasteiger partial charge in [0.05, 0.1) is 12.6 Å². The molecule has 3 nitrogen and oxygen atoms in total. The second-order valence-electron chi connectivity index (χ2n) is 4.30. The van der Waals surface area contributed by atoms with E-state index < -0.39 is 6.10 Å². The Morgan fingerprint density at radius 2 is 1.88 bits per heavy atom. The van der Waals surface area contributed by atoms with Crippen LogP contribution in [-0.2, 0) is 4.79 Å². The molecule has 1 amide bonds. The molecule has 0 unspecified atom stereocenters. The van der Waals surface area contributed by atoms with E-state index in [1.165, 1.54) is 0 Å². The molecule has 0 spiro atoms. The van der Waals surface area contributed by atoms with Crippen molar-refractivity contribution >= 4 is 5.91 Å². The Morgan fingerprint density at radius 1 is 1.31 bits per heavy atom. The van der Waals surface area contributed by atoms with Gasteiger partial charge >= 0.3 is 0 Å². The van der Waals surface area contributed by atoms with E-state index in [0.717, 1.165) is 5.56 Å². The summed E-state index contributed by atoms with van der Waals surface area (Å²) in [5.41, 5.74) is 0.839. The van der Waals surface area contributed by atoms with Gasteiger partial charge in [0, 0.05) is 13.0 Å². The molecule has 1 N–H and O–H groups in total. The first-order valence-corrected chi connectivity index (χ1v) is 5.50. The van der Waals surface area contributed by atoms with Crippen molar-refractivity contribution in [2.24, 2.45) is 5.92 Å². The highest BCUT2D eigenvalue weighted by molar-refractivity contribution is 5.77. The van der Waals surface area contributed by atoms with Crippen LogP contribution in [0.3, 0.4) is 0 Å². The number of nitrogens with zero attached hydrogens (tertiary/aromatic N) is 1. The van der Waals surface area contributed by atoms with Gasteiger partial charge in [0.25, 0.3) is 0 Å². The van der Waals surface area contributed by atoms with Gasteiger partial charge in [0.2, 0.25) is 5.91 Å². The third kappa shape index (κ3) is 3.35. The van der Waals surface area contributed by atoms with Gasteiger partial charge in [0.1, 0.15) is 0 Å². The van der Waals surface area contributed by atoms with E-state index in [9.17, 15) is 9.90 Å². The number of benzene rings is 1. The largest absolute Gasteiger partial charge is 0.387 e. The average molecular weight is 221 g/mol. The molecule has 1 atom stereocenters. The molecule has 1 aromatic carbocycles. The highest BCUT2D eigenvalue weighted by atomic mass is 16.3. The Morgan fingerprint density at radius 3 is 2.38 bits per heavy atom. The Hall–Kier alpha value is -1.35. The number of hydrogen-bond acceptors (Lipinski definition) is 2. The van der Waals surface area contributed by atoms with Crippen molar-refractivity contribution in [1.29, 1.82) is 0 Å². The first kappa shape index (κ1) is 12.7. The number of carbonyl (C=O) groups is 1. The lowest BCUT2D eigenvalue weighted by atomic mass is 10.1. The summed E-state index contributed by atoms with van der Waals surface area (Å²) >= 11 is 0. The van der Waals surface area contributed by atoms with Crippen LogP contribution >= 0.6 is 0 Å². The van der Waals surface area contributed by atoms with Gasteiger partial charge in [-0.25, -0.2) is 0 Å². The molecule has 0 fully saturated rings. The highest BCUT2D eigenvalue weighted by Gasteiger charge is 2.17. The van der Waals surface area contributed by atoms with Crippen molar-refractivity contribution in [2.75, 3.05) is 13.6 Å². The molecule has 0 aromatic heterocycles. The van der Waals surface area contributed by atoms with Crippen LogP contribution in [0.15, 0.2) is 30.3 Å². The van der Waals surface area contributed by atoms with Crippen LogP contribution in [0.4, 0.5) is 0 Å². The van der Waals surface area contributed by atoms with Crippen molar-refractivity contribution in [3.05, 3.63) is 35.9 Å². The number of amides is 1. The molecule has 0 heterocycles. The maximum absolute atomic E-state index is 11.6. The standard InChI is InChI=1S/C13H19NO2/c1-10(2)13(16)14(3)9-12(15)11-7-5-4-6-8-11/h4-8,10,12,15H,9H2,1-3H3/t12-/m0/s1. The Balaban J connectivity index is 2.58. The number of rotatable bonds is 4. The summed E-state index contributed by atoms with van der Waals surface area (Å²) in [6.07, 6.45) is -0.617. The lowest BCUT2D eigenvalue weighted by Crippen LogP contribution is -2.34. The number of likely N-dealkylation sites (N-methyl/N-ethyl adjacent to an activating group) is 1. The molecule has 0 aliphatic rings. The summed E-state index contributed by atoms with van der Waals surface area (Å²) in [7, 11) is 1.72. The van der Waals surface area contributed by atoms with E-state index in [0.29, 0.717) is 6.54 Å². The minimum atomic E-state index is -0.617. The summed E-state index contributed by atoms with van der Waals surface area (Å²) in [6.45, 7) is 4.04. The molecule has 0 saturated carbocycles. The molecule has 1 aromatic rings. The Kier molecular flexibility index (Phi) is 4.50. The SMILES string of the molecule is CC(C)C(=O)N(C)C[C@H](O)c1ccccc1. The van der Waals surface area contributed by atoms with Crippen molar-refractivity contribution in [1.82, 2.24) is 4.90 Å². The van der Waals surface area contributed by atoms with Gasteiger partial charge < -0.3 is 10.0 Å². The average Bonchev–Trinajstić information content (AvgIpc) is 2.28. The van der Waals surface area contributed by atoms with Crippen molar-refractivity contribution in [3.8, 4) is 0 Å². The molecular weight excluding hydrogens is 202 g/mol. The second kappa shape index (κ2) is 5.66. The van der Waals surface area contributed by atoms with Gasteiger partial charge in [-0.1, -0.05) is 44.2 Å². The van der Waals surface area contributed by atoms with Crippen LogP contribution in [-0.4, -0.2) is 29.5 Å². The van der Waals surface area contributed by atoms with Gasteiger partial charge in [-0.15, -0.1) is 0 Å². The lowest BCUT2D eigenvalue weighted by Gasteiger charge is -2.22. The van der Waals surface area contributed by atoms with E-state index >= 15 is 0 Å². The van der Waals surface area contributed by atoms with Crippen molar-refractivity contribution in [3.63, 3.8) is 0 Å². The predicted molar refractivity (Wildman–Crippen MR) is 63.9 cm³/mol. The van der Waals surface area contributed by atoms with Crippen molar-refractivity contribution in [2.45, 2.75) is 20.0 Å². The topological polar surface area (TPSA) is 40.5 Å². The Labute approximate surface area is 96.7 Å². The molecule has 0 aliphatic carbocycles. The van der Waals surface area contributed by atoms with Gasteiger partial charge in [-0.3, -0.25) is 4.79 Å². The number of hydrogen-bond donors (Lipinski definition) is 1. The zero-order valence-corrected chi connectivity index (χ0v) is 10.1. The summed E-state index contributed by atoms with van der Waals surface area (Å²) in [4.78, 5) is 13.2.